The van der Waals surface area contributed by atoms with Crippen molar-refractivity contribution >= 4 is 37.3 Å². The van der Waals surface area contributed by atoms with Crippen molar-refractivity contribution in [1.29, 1.82) is 0 Å². The summed E-state index contributed by atoms with van der Waals surface area (Å²) in [7, 11) is -3.50. The van der Waals surface area contributed by atoms with Crippen LogP contribution >= 0.6 is 27.3 Å². The van der Waals surface area contributed by atoms with Crippen molar-refractivity contribution in [2.24, 2.45) is 0 Å². The number of hydrogen-bond acceptors (Lipinski definition) is 4. The maximum atomic E-state index is 12.1. The second-order valence-corrected chi connectivity index (χ2v) is 7.17. The third-order valence-electron chi connectivity index (χ3n) is 2.25. The summed E-state index contributed by atoms with van der Waals surface area (Å²) in [6.07, 6.45) is 0. The molecule has 2 rings (SSSR count). The van der Waals surface area contributed by atoms with Crippen LogP contribution in [0.3, 0.4) is 0 Å². The SMILES string of the molecule is Cc1cc(Br)cc(S(=O)(=O)NCc2cscn2)c1. The second-order valence-electron chi connectivity index (χ2n) is 3.77. The van der Waals surface area contributed by atoms with E-state index in [4.69, 9.17) is 0 Å². The number of rotatable bonds is 4. The molecule has 0 aliphatic heterocycles. The first-order valence-corrected chi connectivity index (χ1v) is 8.33. The number of halogens is 1. The minimum absolute atomic E-state index is 0.206. The van der Waals surface area contributed by atoms with Crippen molar-refractivity contribution in [2.45, 2.75) is 18.4 Å². The van der Waals surface area contributed by atoms with E-state index in [9.17, 15) is 8.42 Å². The summed E-state index contributed by atoms with van der Waals surface area (Å²) in [5.41, 5.74) is 3.28. The summed E-state index contributed by atoms with van der Waals surface area (Å²) >= 11 is 4.73. The molecular weight excluding hydrogens is 336 g/mol. The highest BCUT2D eigenvalue weighted by atomic mass is 79.9. The topological polar surface area (TPSA) is 59.1 Å². The predicted octanol–water partition coefficient (Wildman–Crippen LogP) is 2.69. The highest BCUT2D eigenvalue weighted by molar-refractivity contribution is 9.10. The van der Waals surface area contributed by atoms with Crippen molar-refractivity contribution in [3.8, 4) is 0 Å². The van der Waals surface area contributed by atoms with E-state index < -0.39 is 10.0 Å². The molecule has 1 aromatic carbocycles. The van der Waals surface area contributed by atoms with Gasteiger partial charge in [0.25, 0.3) is 0 Å². The Hall–Kier alpha value is -0.760. The van der Waals surface area contributed by atoms with Gasteiger partial charge in [-0.2, -0.15) is 0 Å². The third-order valence-corrected chi connectivity index (χ3v) is 4.73. The number of hydrogen-bond donors (Lipinski definition) is 1. The highest BCUT2D eigenvalue weighted by Gasteiger charge is 2.15. The molecule has 7 heteroatoms. The molecule has 0 saturated carbocycles. The van der Waals surface area contributed by atoms with Gasteiger partial charge in [-0.15, -0.1) is 11.3 Å². The van der Waals surface area contributed by atoms with Gasteiger partial charge in [-0.1, -0.05) is 15.9 Å². The van der Waals surface area contributed by atoms with Crippen molar-refractivity contribution in [3.05, 3.63) is 44.8 Å². The normalized spacial score (nSPS) is 11.7. The molecule has 0 spiro atoms. The summed E-state index contributed by atoms with van der Waals surface area (Å²) in [5, 5.41) is 1.81. The minimum Gasteiger partial charge on any atom is -0.248 e. The van der Waals surface area contributed by atoms with Gasteiger partial charge in [0.2, 0.25) is 10.0 Å². The maximum Gasteiger partial charge on any atom is 0.240 e. The van der Waals surface area contributed by atoms with Crippen LogP contribution in [-0.4, -0.2) is 13.4 Å². The van der Waals surface area contributed by atoms with E-state index in [1.165, 1.54) is 11.3 Å². The van der Waals surface area contributed by atoms with Crippen LogP contribution in [0.25, 0.3) is 0 Å². The van der Waals surface area contributed by atoms with E-state index in [1.54, 1.807) is 17.6 Å². The number of nitrogens with zero attached hydrogens (tertiary/aromatic N) is 1. The number of nitrogens with one attached hydrogen (secondary N) is 1. The van der Waals surface area contributed by atoms with Crippen molar-refractivity contribution in [1.82, 2.24) is 9.71 Å². The van der Waals surface area contributed by atoms with Gasteiger partial charge >= 0.3 is 0 Å². The molecule has 0 unspecified atom stereocenters. The smallest absolute Gasteiger partial charge is 0.240 e. The van der Waals surface area contributed by atoms with E-state index in [2.05, 4.69) is 25.6 Å². The predicted molar refractivity (Wildman–Crippen MR) is 75.0 cm³/mol. The van der Waals surface area contributed by atoms with Crippen LogP contribution in [0.5, 0.6) is 0 Å². The van der Waals surface area contributed by atoms with Gasteiger partial charge in [0.05, 0.1) is 22.6 Å². The zero-order valence-corrected chi connectivity index (χ0v) is 12.8. The molecule has 96 valence electrons. The Balaban J connectivity index is 2.20. The molecular formula is C11H11BrN2O2S2. The molecule has 0 fully saturated rings. The molecule has 0 saturated heterocycles. The standard InChI is InChI=1S/C11H11BrN2O2S2/c1-8-2-9(12)4-11(3-8)18(15,16)14-5-10-6-17-7-13-10/h2-4,6-7,14H,5H2,1H3. The van der Waals surface area contributed by atoms with E-state index in [0.29, 0.717) is 0 Å². The summed E-state index contributed by atoms with van der Waals surface area (Å²) in [6, 6.07) is 5.07. The number of aromatic nitrogens is 1. The Bertz CT molecular complexity index is 619. The first kappa shape index (κ1) is 13.7. The second kappa shape index (κ2) is 5.48. The lowest BCUT2D eigenvalue weighted by Gasteiger charge is -2.07. The van der Waals surface area contributed by atoms with Gasteiger partial charge in [-0.3, -0.25) is 0 Å². The lowest BCUT2D eigenvalue weighted by atomic mass is 10.2. The van der Waals surface area contributed by atoms with Gasteiger partial charge < -0.3 is 0 Å². The lowest BCUT2D eigenvalue weighted by molar-refractivity contribution is 0.580. The van der Waals surface area contributed by atoms with Crippen LogP contribution < -0.4 is 4.72 Å². The number of sulfonamides is 1. The largest absolute Gasteiger partial charge is 0.248 e. The molecule has 0 radical (unpaired) electrons. The molecule has 0 aliphatic rings. The quantitative estimate of drug-likeness (QED) is 0.925. The van der Waals surface area contributed by atoms with Crippen LogP contribution in [0, 0.1) is 6.92 Å². The highest BCUT2D eigenvalue weighted by Crippen LogP contribution is 2.19. The third kappa shape index (κ3) is 3.38. The van der Waals surface area contributed by atoms with Crippen LogP contribution in [0.15, 0.2) is 38.5 Å². The Kier molecular flexibility index (Phi) is 4.16. The molecule has 4 nitrogen and oxygen atoms in total. The Morgan fingerprint density at radius 1 is 1.39 bits per heavy atom. The molecule has 0 atom stereocenters. The van der Waals surface area contributed by atoms with Crippen LogP contribution in [-0.2, 0) is 16.6 Å². The monoisotopic (exact) mass is 346 g/mol. The van der Waals surface area contributed by atoms with Crippen molar-refractivity contribution < 1.29 is 8.42 Å². The zero-order valence-electron chi connectivity index (χ0n) is 9.55. The van der Waals surface area contributed by atoms with Crippen LogP contribution in [0.4, 0.5) is 0 Å². The number of benzene rings is 1. The molecule has 1 heterocycles. The Labute approximate surface area is 118 Å². The zero-order chi connectivity index (χ0) is 13.2. The van der Waals surface area contributed by atoms with Gasteiger partial charge in [-0.05, 0) is 30.7 Å². The maximum absolute atomic E-state index is 12.1. The molecule has 1 N–H and O–H groups in total. The van der Waals surface area contributed by atoms with Gasteiger partial charge in [0, 0.05) is 9.85 Å². The molecule has 18 heavy (non-hydrogen) atoms. The van der Waals surface area contributed by atoms with Crippen molar-refractivity contribution in [2.75, 3.05) is 0 Å². The summed E-state index contributed by atoms with van der Waals surface area (Å²) in [6.45, 7) is 2.06. The van der Waals surface area contributed by atoms with E-state index in [0.717, 1.165) is 15.7 Å². The van der Waals surface area contributed by atoms with Gasteiger partial charge in [-0.25, -0.2) is 18.1 Å². The van der Waals surface area contributed by atoms with E-state index in [1.807, 2.05) is 18.4 Å². The first-order valence-electron chi connectivity index (χ1n) is 5.11. The molecule has 0 aliphatic carbocycles. The molecule has 0 bridgehead atoms. The minimum atomic E-state index is -3.50. The average Bonchev–Trinajstić information content (AvgIpc) is 2.78. The van der Waals surface area contributed by atoms with Gasteiger partial charge in [0.1, 0.15) is 0 Å². The summed E-state index contributed by atoms with van der Waals surface area (Å²) in [5.74, 6) is 0. The van der Waals surface area contributed by atoms with E-state index in [-0.39, 0.29) is 11.4 Å². The summed E-state index contributed by atoms with van der Waals surface area (Å²) in [4.78, 5) is 4.28. The lowest BCUT2D eigenvalue weighted by Crippen LogP contribution is -2.23. The first-order chi connectivity index (χ1) is 8.47. The Morgan fingerprint density at radius 3 is 2.78 bits per heavy atom. The van der Waals surface area contributed by atoms with E-state index >= 15 is 0 Å². The molecule has 2 aromatic rings. The number of aryl methyl sites for hydroxylation is 1. The summed E-state index contributed by atoms with van der Waals surface area (Å²) < 4.78 is 27.4. The fourth-order valence-corrected chi connectivity index (χ4v) is 3.88. The average molecular weight is 347 g/mol. The number of thiazole rings is 1. The van der Waals surface area contributed by atoms with Crippen LogP contribution in [0.2, 0.25) is 0 Å². The fourth-order valence-electron chi connectivity index (χ4n) is 1.44. The van der Waals surface area contributed by atoms with Gasteiger partial charge in [0.15, 0.2) is 0 Å². The van der Waals surface area contributed by atoms with Crippen molar-refractivity contribution in [3.63, 3.8) is 0 Å². The Morgan fingerprint density at radius 2 is 2.17 bits per heavy atom. The molecule has 1 aromatic heterocycles. The fraction of sp³-hybridized carbons (Fsp3) is 0.182. The molecule has 0 amide bonds. The van der Waals surface area contributed by atoms with Crippen LogP contribution in [0.1, 0.15) is 11.3 Å².